The molecule has 1 saturated heterocycles. The molecule has 1 heterocycles. The van der Waals surface area contributed by atoms with Gasteiger partial charge in [0.25, 0.3) is 0 Å². The van der Waals surface area contributed by atoms with E-state index in [0.29, 0.717) is 17.4 Å². The molecule has 0 radical (unpaired) electrons. The highest BCUT2D eigenvalue weighted by Crippen LogP contribution is 2.33. The monoisotopic (exact) mass is 266 g/mol. The van der Waals surface area contributed by atoms with E-state index in [-0.39, 0.29) is 0 Å². The predicted molar refractivity (Wildman–Crippen MR) is 72.7 cm³/mol. The van der Waals surface area contributed by atoms with Crippen molar-refractivity contribution >= 4 is 0 Å². The Morgan fingerprint density at radius 3 is 2.53 bits per heavy atom. The van der Waals surface area contributed by atoms with E-state index in [9.17, 15) is 5.11 Å². The van der Waals surface area contributed by atoms with E-state index in [1.807, 2.05) is 18.2 Å². The van der Waals surface area contributed by atoms with Crippen LogP contribution in [0.1, 0.15) is 30.9 Å². The molecular formula is C15H22O4. The molecule has 0 bridgehead atoms. The van der Waals surface area contributed by atoms with Crippen LogP contribution in [0.15, 0.2) is 18.2 Å². The number of aliphatic hydroxyl groups excluding tert-OH is 1. The van der Waals surface area contributed by atoms with E-state index in [2.05, 4.69) is 0 Å². The minimum absolute atomic E-state index is 0.456. The van der Waals surface area contributed by atoms with Crippen molar-refractivity contribution in [1.82, 2.24) is 0 Å². The second-order valence-corrected chi connectivity index (χ2v) is 4.92. The van der Waals surface area contributed by atoms with Crippen LogP contribution >= 0.6 is 0 Å². The molecule has 4 nitrogen and oxygen atoms in total. The van der Waals surface area contributed by atoms with Gasteiger partial charge in [0.05, 0.1) is 20.3 Å². The van der Waals surface area contributed by atoms with E-state index in [0.717, 1.165) is 38.0 Å². The van der Waals surface area contributed by atoms with Crippen LogP contribution in [-0.4, -0.2) is 32.5 Å². The minimum atomic E-state index is -0.456. The molecule has 19 heavy (non-hydrogen) atoms. The summed E-state index contributed by atoms with van der Waals surface area (Å²) in [6, 6.07) is 5.58. The third-order valence-electron chi connectivity index (χ3n) is 3.69. The number of hydrogen-bond donors (Lipinski definition) is 1. The van der Waals surface area contributed by atoms with Crippen molar-refractivity contribution in [3.05, 3.63) is 23.8 Å². The fourth-order valence-corrected chi connectivity index (χ4v) is 2.49. The van der Waals surface area contributed by atoms with E-state index in [1.54, 1.807) is 14.2 Å². The summed E-state index contributed by atoms with van der Waals surface area (Å²) in [5.74, 6) is 1.88. The van der Waals surface area contributed by atoms with Gasteiger partial charge in [-0.1, -0.05) is 6.07 Å². The summed E-state index contributed by atoms with van der Waals surface area (Å²) < 4.78 is 15.8. The van der Waals surface area contributed by atoms with Gasteiger partial charge in [0.15, 0.2) is 11.5 Å². The molecule has 1 N–H and O–H groups in total. The molecule has 106 valence electrons. The van der Waals surface area contributed by atoms with Crippen molar-refractivity contribution in [2.45, 2.75) is 25.4 Å². The Morgan fingerprint density at radius 1 is 1.21 bits per heavy atom. The van der Waals surface area contributed by atoms with Crippen LogP contribution in [-0.2, 0) is 4.74 Å². The number of hydrogen-bond acceptors (Lipinski definition) is 4. The fraction of sp³-hybridized carbons (Fsp3) is 0.600. The first-order valence-electron chi connectivity index (χ1n) is 6.72. The van der Waals surface area contributed by atoms with Gasteiger partial charge in [-0.25, -0.2) is 0 Å². The zero-order valence-electron chi connectivity index (χ0n) is 11.6. The third kappa shape index (κ3) is 3.61. The quantitative estimate of drug-likeness (QED) is 0.889. The van der Waals surface area contributed by atoms with Gasteiger partial charge in [0.2, 0.25) is 0 Å². The molecule has 1 aliphatic heterocycles. The second kappa shape index (κ2) is 6.78. The van der Waals surface area contributed by atoms with Gasteiger partial charge < -0.3 is 19.3 Å². The molecule has 1 atom stereocenters. The topological polar surface area (TPSA) is 47.9 Å². The van der Waals surface area contributed by atoms with Gasteiger partial charge in [0.1, 0.15) is 0 Å². The molecule has 1 aliphatic rings. The maximum absolute atomic E-state index is 10.3. The first-order chi connectivity index (χ1) is 9.24. The van der Waals surface area contributed by atoms with Crippen LogP contribution in [0.25, 0.3) is 0 Å². The lowest BCUT2D eigenvalue weighted by molar-refractivity contribution is 0.0434. The minimum Gasteiger partial charge on any atom is -0.493 e. The summed E-state index contributed by atoms with van der Waals surface area (Å²) in [6.07, 6.45) is 2.39. The first-order valence-corrected chi connectivity index (χ1v) is 6.72. The Balaban J connectivity index is 2.03. The molecule has 1 aromatic carbocycles. The molecule has 2 rings (SSSR count). The molecule has 1 unspecified atom stereocenters. The lowest BCUT2D eigenvalue weighted by atomic mass is 9.91. The highest BCUT2D eigenvalue weighted by Gasteiger charge is 2.19. The van der Waals surface area contributed by atoms with Gasteiger partial charge in [-0.3, -0.25) is 0 Å². The van der Waals surface area contributed by atoms with Crippen molar-refractivity contribution in [1.29, 1.82) is 0 Å². The number of benzene rings is 1. The zero-order valence-corrected chi connectivity index (χ0v) is 11.6. The number of rotatable bonds is 5. The lowest BCUT2D eigenvalue weighted by Gasteiger charge is -2.24. The first kappa shape index (κ1) is 14.2. The average Bonchev–Trinajstić information content (AvgIpc) is 2.47. The zero-order chi connectivity index (χ0) is 13.7. The molecule has 0 saturated carbocycles. The summed E-state index contributed by atoms with van der Waals surface area (Å²) in [5, 5.41) is 10.3. The van der Waals surface area contributed by atoms with E-state index in [4.69, 9.17) is 14.2 Å². The molecule has 0 aliphatic carbocycles. The van der Waals surface area contributed by atoms with Crippen LogP contribution in [0.5, 0.6) is 11.5 Å². The summed E-state index contributed by atoms with van der Waals surface area (Å²) in [6.45, 7) is 1.62. The number of aliphatic hydroxyl groups is 1. The molecule has 1 aromatic rings. The fourth-order valence-electron chi connectivity index (χ4n) is 2.49. The highest BCUT2D eigenvalue weighted by atomic mass is 16.5. The maximum Gasteiger partial charge on any atom is 0.161 e. The normalized spacial score (nSPS) is 18.1. The van der Waals surface area contributed by atoms with Gasteiger partial charge in [-0.05, 0) is 42.9 Å². The Kier molecular flexibility index (Phi) is 5.05. The van der Waals surface area contributed by atoms with Crippen LogP contribution in [0.4, 0.5) is 0 Å². The van der Waals surface area contributed by atoms with Gasteiger partial charge in [0, 0.05) is 13.2 Å². The Bertz CT molecular complexity index is 399. The molecular weight excluding hydrogens is 244 g/mol. The molecule has 0 aromatic heterocycles. The highest BCUT2D eigenvalue weighted by molar-refractivity contribution is 5.43. The van der Waals surface area contributed by atoms with Crippen molar-refractivity contribution in [2.24, 2.45) is 5.92 Å². The summed E-state index contributed by atoms with van der Waals surface area (Å²) in [4.78, 5) is 0. The van der Waals surface area contributed by atoms with Gasteiger partial charge in [-0.15, -0.1) is 0 Å². The Hall–Kier alpha value is -1.26. The molecule has 1 fully saturated rings. The van der Waals surface area contributed by atoms with Crippen LogP contribution in [0, 0.1) is 5.92 Å². The summed E-state index contributed by atoms with van der Waals surface area (Å²) >= 11 is 0. The van der Waals surface area contributed by atoms with E-state index in [1.165, 1.54) is 0 Å². The van der Waals surface area contributed by atoms with Crippen LogP contribution in [0.3, 0.4) is 0 Å². The predicted octanol–water partition coefficient (Wildman–Crippen LogP) is 2.55. The van der Waals surface area contributed by atoms with Crippen LogP contribution < -0.4 is 9.47 Å². The second-order valence-electron chi connectivity index (χ2n) is 4.92. The number of methoxy groups -OCH3 is 2. The molecule has 0 amide bonds. The average molecular weight is 266 g/mol. The van der Waals surface area contributed by atoms with Crippen molar-refractivity contribution < 1.29 is 19.3 Å². The van der Waals surface area contributed by atoms with Crippen LogP contribution in [0.2, 0.25) is 0 Å². The van der Waals surface area contributed by atoms with Gasteiger partial charge >= 0.3 is 0 Å². The molecule has 0 spiro atoms. The van der Waals surface area contributed by atoms with Crippen molar-refractivity contribution in [3.8, 4) is 11.5 Å². The SMILES string of the molecule is COc1ccc(C(O)CC2CCOCC2)cc1OC. The number of ether oxygens (including phenoxy) is 3. The lowest BCUT2D eigenvalue weighted by Crippen LogP contribution is -2.18. The van der Waals surface area contributed by atoms with Crippen molar-refractivity contribution in [3.63, 3.8) is 0 Å². The Morgan fingerprint density at radius 2 is 1.89 bits per heavy atom. The van der Waals surface area contributed by atoms with Crippen molar-refractivity contribution in [2.75, 3.05) is 27.4 Å². The maximum atomic E-state index is 10.3. The smallest absolute Gasteiger partial charge is 0.161 e. The molecule has 4 heteroatoms. The van der Waals surface area contributed by atoms with Gasteiger partial charge in [-0.2, -0.15) is 0 Å². The summed E-state index contributed by atoms with van der Waals surface area (Å²) in [7, 11) is 3.21. The Labute approximate surface area is 114 Å². The standard InChI is InChI=1S/C15H22O4/c1-17-14-4-3-12(10-15(14)18-2)13(16)9-11-5-7-19-8-6-11/h3-4,10-11,13,16H,5-9H2,1-2H3. The largest absolute Gasteiger partial charge is 0.493 e. The van der Waals surface area contributed by atoms with E-state index < -0.39 is 6.10 Å². The third-order valence-corrected chi connectivity index (χ3v) is 3.69. The summed E-state index contributed by atoms with van der Waals surface area (Å²) in [5.41, 5.74) is 0.879. The van der Waals surface area contributed by atoms with E-state index >= 15 is 0 Å².